The number of carbonyl (C=O) groups excluding carboxylic acids is 1. The molecule has 0 aromatic heterocycles. The quantitative estimate of drug-likeness (QED) is 0.298. The number of benzene rings is 3. The van der Waals surface area contributed by atoms with Crippen LogP contribution in [0, 0.1) is 5.41 Å². The fraction of sp³-hybridized carbons (Fsp3) is 0.379. The molecule has 0 heterocycles. The second kappa shape index (κ2) is 10.7. The van der Waals surface area contributed by atoms with E-state index in [1.165, 1.54) is 0 Å². The molecular formula is C29H37N5O3S. The Bertz CT molecular complexity index is 1450. The Balaban J connectivity index is 1.82. The zero-order chi connectivity index (χ0) is 27.7. The van der Waals surface area contributed by atoms with Crippen LogP contribution in [-0.4, -0.2) is 59.3 Å². The van der Waals surface area contributed by atoms with Crippen molar-refractivity contribution in [3.05, 3.63) is 71.8 Å². The van der Waals surface area contributed by atoms with E-state index >= 15 is 0 Å². The number of hydrogen-bond acceptors (Lipinski definition) is 5. The van der Waals surface area contributed by atoms with Crippen LogP contribution in [0.15, 0.2) is 65.6 Å². The molecule has 1 atom stereocenters. The third kappa shape index (κ3) is 5.13. The van der Waals surface area contributed by atoms with Gasteiger partial charge in [-0.05, 0) is 37.5 Å². The smallest absolute Gasteiger partial charge is 0.248 e. The highest BCUT2D eigenvalue weighted by Gasteiger charge is 2.43. The van der Waals surface area contributed by atoms with Gasteiger partial charge in [-0.15, -0.1) is 0 Å². The number of carbonyl (C=O) groups is 1. The van der Waals surface area contributed by atoms with Gasteiger partial charge in [0.2, 0.25) is 15.9 Å². The van der Waals surface area contributed by atoms with Crippen LogP contribution >= 0.6 is 0 Å². The predicted molar refractivity (Wildman–Crippen MR) is 153 cm³/mol. The Labute approximate surface area is 225 Å². The van der Waals surface area contributed by atoms with Crippen LogP contribution in [0.1, 0.15) is 43.7 Å². The number of nitrogens with one attached hydrogen (secondary N) is 3. The third-order valence-corrected chi connectivity index (χ3v) is 9.20. The normalized spacial score (nSPS) is 15.7. The Morgan fingerprint density at radius 3 is 2.16 bits per heavy atom. The van der Waals surface area contributed by atoms with Crippen LogP contribution in [0.3, 0.4) is 0 Å². The van der Waals surface area contributed by atoms with E-state index in [2.05, 4.69) is 10.0 Å². The first kappa shape index (κ1) is 27.6. The molecule has 4 rings (SSSR count). The standard InChI is InChI=1S/C29H37N5O3S/c1-29(28(35)34(5)22-10-6-7-11-22,21-18-16-20(17-19-21)27(30)31-2)32-38(36,37)26-15-9-12-23-24(26)13-8-14-25(23)33(3)4/h8-9,12-19,22,32H,6-7,10-11H2,1-5H3,(H2,30,31). The van der Waals surface area contributed by atoms with Crippen molar-refractivity contribution in [1.29, 1.82) is 5.41 Å². The van der Waals surface area contributed by atoms with Gasteiger partial charge in [-0.1, -0.05) is 61.4 Å². The van der Waals surface area contributed by atoms with Crippen LogP contribution < -0.4 is 14.9 Å². The lowest BCUT2D eigenvalue weighted by atomic mass is 9.90. The highest BCUT2D eigenvalue weighted by Crippen LogP contribution is 2.34. The largest absolute Gasteiger partial charge is 0.377 e. The van der Waals surface area contributed by atoms with E-state index in [9.17, 15) is 13.2 Å². The number of rotatable bonds is 8. The van der Waals surface area contributed by atoms with E-state index in [1.54, 1.807) is 68.4 Å². The maximum atomic E-state index is 14.1. The average Bonchev–Trinajstić information content (AvgIpc) is 3.46. The highest BCUT2D eigenvalue weighted by atomic mass is 32.2. The summed E-state index contributed by atoms with van der Waals surface area (Å²) in [4.78, 5) is 17.8. The molecule has 3 N–H and O–H groups in total. The van der Waals surface area contributed by atoms with Gasteiger partial charge < -0.3 is 15.1 Å². The summed E-state index contributed by atoms with van der Waals surface area (Å²) in [7, 11) is 3.12. The third-order valence-electron chi connectivity index (χ3n) is 7.59. The zero-order valence-electron chi connectivity index (χ0n) is 22.7. The van der Waals surface area contributed by atoms with Gasteiger partial charge in [0.25, 0.3) is 0 Å². The van der Waals surface area contributed by atoms with Crippen LogP contribution in [0.25, 0.3) is 10.8 Å². The number of anilines is 1. The summed E-state index contributed by atoms with van der Waals surface area (Å²) in [5.74, 6) is -0.0701. The molecule has 0 bridgehead atoms. The van der Waals surface area contributed by atoms with Gasteiger partial charge in [0.15, 0.2) is 0 Å². The van der Waals surface area contributed by atoms with Crippen molar-refractivity contribution in [2.45, 2.75) is 49.1 Å². The molecule has 8 nitrogen and oxygen atoms in total. The average molecular weight is 536 g/mol. The molecule has 1 saturated carbocycles. The van der Waals surface area contributed by atoms with Crippen molar-refractivity contribution >= 4 is 38.2 Å². The maximum Gasteiger partial charge on any atom is 0.248 e. The van der Waals surface area contributed by atoms with Crippen molar-refractivity contribution < 1.29 is 13.2 Å². The zero-order valence-corrected chi connectivity index (χ0v) is 23.5. The van der Waals surface area contributed by atoms with Crippen molar-refractivity contribution in [3.63, 3.8) is 0 Å². The molecule has 1 unspecified atom stereocenters. The SMILES string of the molecule is CNC(=N)c1ccc(C(C)(NS(=O)(=O)c2cccc3c(N(C)C)cccc23)C(=O)N(C)C2CCCC2)cc1. The van der Waals surface area contributed by atoms with Gasteiger partial charge in [0, 0.05) is 56.3 Å². The molecular weight excluding hydrogens is 498 g/mol. The van der Waals surface area contributed by atoms with Crippen molar-refractivity contribution in [2.75, 3.05) is 33.1 Å². The second-order valence-corrected chi connectivity index (χ2v) is 12.0. The van der Waals surface area contributed by atoms with Gasteiger partial charge in [-0.2, -0.15) is 4.72 Å². The van der Waals surface area contributed by atoms with Crippen LogP contribution in [0.4, 0.5) is 5.69 Å². The molecule has 202 valence electrons. The Morgan fingerprint density at radius 2 is 1.55 bits per heavy atom. The number of nitrogens with zero attached hydrogens (tertiary/aromatic N) is 2. The number of fused-ring (bicyclic) bond motifs is 1. The first-order valence-electron chi connectivity index (χ1n) is 12.9. The highest BCUT2D eigenvalue weighted by molar-refractivity contribution is 7.89. The molecule has 3 aromatic rings. The van der Waals surface area contributed by atoms with Gasteiger partial charge in [0.05, 0.1) is 4.90 Å². The minimum atomic E-state index is -4.14. The van der Waals surface area contributed by atoms with Gasteiger partial charge in [-0.3, -0.25) is 10.2 Å². The molecule has 9 heteroatoms. The van der Waals surface area contributed by atoms with Crippen LogP contribution in [0.2, 0.25) is 0 Å². The first-order chi connectivity index (χ1) is 18.0. The summed E-state index contributed by atoms with van der Waals surface area (Å²) in [6, 6.07) is 17.7. The van der Waals surface area contributed by atoms with Crippen LogP contribution in [0.5, 0.6) is 0 Å². The number of amides is 1. The fourth-order valence-electron chi connectivity index (χ4n) is 5.36. The first-order valence-corrected chi connectivity index (χ1v) is 14.4. The second-order valence-electron chi connectivity index (χ2n) is 10.3. The van der Waals surface area contributed by atoms with E-state index in [-0.39, 0.29) is 22.7 Å². The Morgan fingerprint density at radius 1 is 0.947 bits per heavy atom. The molecule has 0 radical (unpaired) electrons. The van der Waals surface area contributed by atoms with E-state index in [0.717, 1.165) is 36.8 Å². The minimum absolute atomic E-state index is 0.0725. The van der Waals surface area contributed by atoms with Crippen LogP contribution in [-0.2, 0) is 20.4 Å². The molecule has 1 amide bonds. The lowest BCUT2D eigenvalue weighted by Gasteiger charge is -2.36. The Hall–Kier alpha value is -3.43. The summed E-state index contributed by atoms with van der Waals surface area (Å²) in [6.07, 6.45) is 3.91. The van der Waals surface area contributed by atoms with Crippen molar-refractivity contribution in [2.24, 2.45) is 0 Å². The molecule has 3 aromatic carbocycles. The molecule has 1 aliphatic carbocycles. The summed E-state index contributed by atoms with van der Waals surface area (Å²) in [5, 5.41) is 12.2. The predicted octanol–water partition coefficient (Wildman–Crippen LogP) is 4.05. The van der Waals surface area contributed by atoms with E-state index < -0.39 is 15.6 Å². The number of amidine groups is 1. The number of hydrogen-bond donors (Lipinski definition) is 3. The van der Waals surface area contributed by atoms with E-state index in [0.29, 0.717) is 16.5 Å². The fourth-order valence-corrected chi connectivity index (χ4v) is 6.94. The molecule has 0 saturated heterocycles. The summed E-state index contributed by atoms with van der Waals surface area (Å²) >= 11 is 0. The summed E-state index contributed by atoms with van der Waals surface area (Å²) in [6.45, 7) is 1.63. The van der Waals surface area contributed by atoms with Gasteiger partial charge in [0.1, 0.15) is 11.4 Å². The summed E-state index contributed by atoms with van der Waals surface area (Å²) in [5.41, 5.74) is 0.501. The topological polar surface area (TPSA) is 106 Å². The molecule has 0 spiro atoms. The monoisotopic (exact) mass is 535 g/mol. The minimum Gasteiger partial charge on any atom is -0.377 e. The lowest BCUT2D eigenvalue weighted by molar-refractivity contribution is -0.138. The maximum absolute atomic E-state index is 14.1. The summed E-state index contributed by atoms with van der Waals surface area (Å²) < 4.78 is 30.9. The number of likely N-dealkylation sites (N-methyl/N-ethyl adjacent to an activating group) is 1. The molecule has 38 heavy (non-hydrogen) atoms. The van der Waals surface area contributed by atoms with Crippen molar-refractivity contribution in [1.82, 2.24) is 14.9 Å². The van der Waals surface area contributed by atoms with Crippen molar-refractivity contribution in [3.8, 4) is 0 Å². The van der Waals surface area contributed by atoms with E-state index in [4.69, 9.17) is 5.41 Å². The molecule has 1 aliphatic rings. The number of sulfonamides is 1. The van der Waals surface area contributed by atoms with Gasteiger partial charge in [-0.25, -0.2) is 8.42 Å². The lowest BCUT2D eigenvalue weighted by Crippen LogP contribution is -2.56. The molecule has 1 fully saturated rings. The van der Waals surface area contributed by atoms with Gasteiger partial charge >= 0.3 is 0 Å². The Kier molecular flexibility index (Phi) is 7.80. The molecule has 0 aliphatic heterocycles. The van der Waals surface area contributed by atoms with E-state index in [1.807, 2.05) is 37.2 Å².